The normalized spacial score (nSPS) is 12.3. The molecule has 3 aromatic rings. The predicted molar refractivity (Wildman–Crippen MR) is 95.0 cm³/mol. The summed E-state index contributed by atoms with van der Waals surface area (Å²) in [7, 11) is 0. The van der Waals surface area contributed by atoms with E-state index in [1.165, 1.54) is 0 Å². The van der Waals surface area contributed by atoms with Crippen LogP contribution in [0.25, 0.3) is 11.3 Å². The largest absolute Gasteiger partial charge is 0.390 e. The lowest BCUT2D eigenvalue weighted by Crippen LogP contribution is -2.12. The van der Waals surface area contributed by atoms with Crippen molar-refractivity contribution in [3.05, 3.63) is 75.9 Å². The van der Waals surface area contributed by atoms with Gasteiger partial charge in [-0.1, -0.05) is 47.5 Å². The molecule has 1 unspecified atom stereocenters. The third kappa shape index (κ3) is 3.79. The van der Waals surface area contributed by atoms with Crippen molar-refractivity contribution in [2.75, 3.05) is 0 Å². The van der Waals surface area contributed by atoms with Crippen LogP contribution in [0.2, 0.25) is 10.0 Å². The monoisotopic (exact) mass is 362 g/mol. The van der Waals surface area contributed by atoms with Gasteiger partial charge in [-0.25, -0.2) is 0 Å². The Morgan fingerprint density at radius 3 is 2.12 bits per heavy atom. The van der Waals surface area contributed by atoms with E-state index in [9.17, 15) is 10.2 Å². The highest BCUT2D eigenvalue weighted by atomic mass is 35.5. The molecule has 1 aromatic heterocycles. The second kappa shape index (κ2) is 7.36. The van der Waals surface area contributed by atoms with Gasteiger partial charge in [-0.2, -0.15) is 5.10 Å². The Hall–Kier alpha value is -1.85. The van der Waals surface area contributed by atoms with Crippen LogP contribution < -0.4 is 0 Å². The molecule has 3 rings (SSSR count). The summed E-state index contributed by atoms with van der Waals surface area (Å²) >= 11 is 11.8. The summed E-state index contributed by atoms with van der Waals surface area (Å²) in [6.07, 6.45) is -0.745. The summed E-state index contributed by atoms with van der Waals surface area (Å²) in [6, 6.07) is 16.1. The van der Waals surface area contributed by atoms with Crippen LogP contribution in [0.5, 0.6) is 0 Å². The standard InChI is InChI=1S/C18H16Cl2N2O2/c19-14-5-1-12(2-6-14)17-9-16(11-23)22(21-17)10-18(24)13-3-7-15(20)8-4-13/h1-9,18,23-24H,10-11H2. The number of nitrogens with zero attached hydrogens (tertiary/aromatic N) is 2. The van der Waals surface area contributed by atoms with Gasteiger partial charge in [0.1, 0.15) is 0 Å². The molecule has 0 aliphatic heterocycles. The SMILES string of the molecule is OCc1cc(-c2ccc(Cl)cc2)nn1CC(O)c1ccc(Cl)cc1. The smallest absolute Gasteiger partial charge is 0.0986 e. The molecule has 1 atom stereocenters. The molecule has 0 bridgehead atoms. The quantitative estimate of drug-likeness (QED) is 0.718. The molecule has 0 aliphatic carbocycles. The molecule has 0 spiro atoms. The van der Waals surface area contributed by atoms with Crippen molar-refractivity contribution >= 4 is 23.2 Å². The Kier molecular flexibility index (Phi) is 5.21. The van der Waals surface area contributed by atoms with Crippen LogP contribution >= 0.6 is 23.2 Å². The zero-order valence-corrected chi connectivity index (χ0v) is 14.2. The van der Waals surface area contributed by atoms with E-state index in [0.29, 0.717) is 15.7 Å². The zero-order valence-electron chi connectivity index (χ0n) is 12.7. The average Bonchev–Trinajstić information content (AvgIpc) is 2.99. The number of aliphatic hydroxyl groups excluding tert-OH is 2. The highest BCUT2D eigenvalue weighted by Gasteiger charge is 2.14. The maximum atomic E-state index is 10.4. The Morgan fingerprint density at radius 1 is 0.958 bits per heavy atom. The lowest BCUT2D eigenvalue weighted by atomic mass is 10.1. The molecule has 124 valence electrons. The summed E-state index contributed by atoms with van der Waals surface area (Å²) in [5.41, 5.74) is 2.99. The van der Waals surface area contributed by atoms with E-state index < -0.39 is 6.10 Å². The van der Waals surface area contributed by atoms with E-state index in [-0.39, 0.29) is 13.2 Å². The Labute approximate surface area is 149 Å². The van der Waals surface area contributed by atoms with Crippen molar-refractivity contribution in [3.63, 3.8) is 0 Å². The van der Waals surface area contributed by atoms with Gasteiger partial charge in [-0.05, 0) is 35.9 Å². The number of hydrogen-bond acceptors (Lipinski definition) is 3. The molecule has 1 heterocycles. The number of rotatable bonds is 5. The van der Waals surface area contributed by atoms with Crippen molar-refractivity contribution in [3.8, 4) is 11.3 Å². The van der Waals surface area contributed by atoms with Crippen LogP contribution in [0.3, 0.4) is 0 Å². The molecule has 0 amide bonds. The lowest BCUT2D eigenvalue weighted by Gasteiger charge is -2.13. The van der Waals surface area contributed by atoms with Crippen molar-refractivity contribution in [1.29, 1.82) is 0 Å². The first kappa shape index (κ1) is 17.0. The van der Waals surface area contributed by atoms with E-state index >= 15 is 0 Å². The molecule has 0 aliphatic rings. The molecule has 24 heavy (non-hydrogen) atoms. The topological polar surface area (TPSA) is 58.3 Å². The van der Waals surface area contributed by atoms with Gasteiger partial charge < -0.3 is 10.2 Å². The number of halogens is 2. The summed E-state index contributed by atoms with van der Waals surface area (Å²) < 4.78 is 1.61. The predicted octanol–water partition coefficient (Wildman–Crippen LogP) is 4.08. The minimum absolute atomic E-state index is 0.159. The summed E-state index contributed by atoms with van der Waals surface area (Å²) in [6.45, 7) is 0.0824. The molecular weight excluding hydrogens is 347 g/mol. The summed E-state index contributed by atoms with van der Waals surface area (Å²) in [4.78, 5) is 0. The first-order valence-corrected chi connectivity index (χ1v) is 8.19. The van der Waals surface area contributed by atoms with Crippen LogP contribution in [0.4, 0.5) is 0 Å². The highest BCUT2D eigenvalue weighted by molar-refractivity contribution is 6.30. The minimum atomic E-state index is -0.745. The summed E-state index contributed by atoms with van der Waals surface area (Å²) in [5.74, 6) is 0. The van der Waals surface area contributed by atoms with Crippen molar-refractivity contribution < 1.29 is 10.2 Å². The third-order valence-electron chi connectivity index (χ3n) is 3.77. The van der Waals surface area contributed by atoms with Crippen LogP contribution in [0.1, 0.15) is 17.4 Å². The molecule has 4 nitrogen and oxygen atoms in total. The minimum Gasteiger partial charge on any atom is -0.390 e. The molecule has 0 radical (unpaired) electrons. The Balaban J connectivity index is 1.85. The van der Waals surface area contributed by atoms with Crippen molar-refractivity contribution in [1.82, 2.24) is 9.78 Å². The molecule has 2 N–H and O–H groups in total. The van der Waals surface area contributed by atoms with Gasteiger partial charge >= 0.3 is 0 Å². The van der Waals surface area contributed by atoms with Gasteiger partial charge in [-0.3, -0.25) is 4.68 Å². The molecule has 6 heteroatoms. The highest BCUT2D eigenvalue weighted by Crippen LogP contribution is 2.24. The number of aliphatic hydroxyl groups is 2. The average molecular weight is 363 g/mol. The van der Waals surface area contributed by atoms with Gasteiger partial charge in [0.2, 0.25) is 0 Å². The van der Waals surface area contributed by atoms with E-state index in [0.717, 1.165) is 16.8 Å². The number of aromatic nitrogens is 2. The molecule has 0 fully saturated rings. The van der Waals surface area contributed by atoms with E-state index in [1.54, 1.807) is 47.1 Å². The van der Waals surface area contributed by atoms with Crippen molar-refractivity contribution in [2.24, 2.45) is 0 Å². The second-order valence-corrected chi connectivity index (χ2v) is 6.31. The lowest BCUT2D eigenvalue weighted by molar-refractivity contribution is 0.147. The molecule has 2 aromatic carbocycles. The first-order valence-electron chi connectivity index (χ1n) is 7.44. The second-order valence-electron chi connectivity index (χ2n) is 5.44. The van der Waals surface area contributed by atoms with Crippen LogP contribution in [0, 0.1) is 0 Å². The van der Waals surface area contributed by atoms with Gasteiger partial charge in [0.05, 0.1) is 30.6 Å². The zero-order chi connectivity index (χ0) is 17.1. The molecule has 0 saturated heterocycles. The van der Waals surface area contributed by atoms with Crippen LogP contribution in [0.15, 0.2) is 54.6 Å². The maximum Gasteiger partial charge on any atom is 0.0986 e. The van der Waals surface area contributed by atoms with Crippen LogP contribution in [-0.2, 0) is 13.2 Å². The molecular formula is C18H16Cl2N2O2. The van der Waals surface area contributed by atoms with E-state index in [1.807, 2.05) is 12.1 Å². The van der Waals surface area contributed by atoms with E-state index in [4.69, 9.17) is 23.2 Å². The molecule has 0 saturated carbocycles. The number of hydrogen-bond donors (Lipinski definition) is 2. The number of benzene rings is 2. The van der Waals surface area contributed by atoms with Gasteiger partial charge in [0, 0.05) is 15.6 Å². The van der Waals surface area contributed by atoms with Crippen LogP contribution in [-0.4, -0.2) is 20.0 Å². The van der Waals surface area contributed by atoms with Gasteiger partial charge in [-0.15, -0.1) is 0 Å². The third-order valence-corrected chi connectivity index (χ3v) is 4.27. The van der Waals surface area contributed by atoms with Gasteiger partial charge in [0.15, 0.2) is 0 Å². The fourth-order valence-corrected chi connectivity index (χ4v) is 2.71. The van der Waals surface area contributed by atoms with Gasteiger partial charge in [0.25, 0.3) is 0 Å². The fourth-order valence-electron chi connectivity index (χ4n) is 2.46. The Morgan fingerprint density at radius 2 is 1.54 bits per heavy atom. The van der Waals surface area contributed by atoms with E-state index in [2.05, 4.69) is 5.10 Å². The first-order chi connectivity index (χ1) is 11.6. The maximum absolute atomic E-state index is 10.4. The Bertz CT molecular complexity index is 814. The summed E-state index contributed by atoms with van der Waals surface area (Å²) in [5, 5.41) is 25.7. The van der Waals surface area contributed by atoms with Crippen molar-refractivity contribution in [2.45, 2.75) is 19.3 Å². The fraction of sp³-hybridized carbons (Fsp3) is 0.167.